The second-order valence-electron chi connectivity index (χ2n) is 5.79. The van der Waals surface area contributed by atoms with Crippen molar-refractivity contribution in [3.05, 3.63) is 61.7 Å². The Morgan fingerprint density at radius 1 is 1.23 bits per heavy atom. The van der Waals surface area contributed by atoms with Crippen LogP contribution >= 0.6 is 7.92 Å². The Kier molecular flexibility index (Phi) is 6.74. The third kappa shape index (κ3) is 3.25. The van der Waals surface area contributed by atoms with E-state index < -0.39 is 23.2 Å². The van der Waals surface area contributed by atoms with E-state index in [1.54, 1.807) is 11.1 Å². The van der Waals surface area contributed by atoms with Crippen LogP contribution in [0.3, 0.4) is 0 Å². The van der Waals surface area contributed by atoms with Crippen molar-refractivity contribution in [1.29, 1.82) is 0 Å². The van der Waals surface area contributed by atoms with Crippen molar-refractivity contribution in [1.82, 2.24) is 0 Å². The van der Waals surface area contributed by atoms with Crippen LogP contribution in [0.1, 0.15) is 34.5 Å². The van der Waals surface area contributed by atoms with Gasteiger partial charge < -0.3 is 24.8 Å². The monoisotopic (exact) mass is 426 g/mol. The Bertz CT molecular complexity index is 648. The van der Waals surface area contributed by atoms with E-state index in [9.17, 15) is 0 Å². The number of benzene rings is 1. The zero-order chi connectivity index (χ0) is 13.5. The fraction of sp³-hybridized carbons (Fsp3) is 0.333. The summed E-state index contributed by atoms with van der Waals surface area (Å²) in [6, 6.07) is 9.00. The molecular weight excluding hydrogens is 409 g/mol. The molecule has 0 saturated carbocycles. The summed E-state index contributed by atoms with van der Waals surface area (Å²) in [5.41, 5.74) is 4.83. The number of hydrogen-bond donors (Lipinski definition) is 0. The van der Waals surface area contributed by atoms with Crippen LogP contribution in [0.15, 0.2) is 50.6 Å². The Hall–Kier alpha value is 0.333. The van der Waals surface area contributed by atoms with Gasteiger partial charge in [-0.1, -0.05) is 0 Å². The predicted molar refractivity (Wildman–Crippen MR) is 84.9 cm³/mol. The van der Waals surface area contributed by atoms with Crippen molar-refractivity contribution in [2.24, 2.45) is 0 Å². The summed E-state index contributed by atoms with van der Waals surface area (Å²) in [5.74, 6) is 0. The normalized spacial score (nSPS) is 23.6. The summed E-state index contributed by atoms with van der Waals surface area (Å²) >= 11 is -0.482. The van der Waals surface area contributed by atoms with Crippen LogP contribution in [0.4, 0.5) is 0 Å². The Balaban J connectivity index is 0.000000882. The number of rotatable bonds is 4. The summed E-state index contributed by atoms with van der Waals surface area (Å²) in [4.78, 5) is 0. The van der Waals surface area contributed by atoms with Crippen LogP contribution in [0.25, 0.3) is 6.08 Å². The minimum Gasteiger partial charge on any atom is -1.00 e. The molecule has 3 aliphatic rings. The average Bonchev–Trinajstić information content (AvgIpc) is 2.98. The smallest absolute Gasteiger partial charge is 1.00 e. The maximum Gasteiger partial charge on any atom is -1.00 e. The van der Waals surface area contributed by atoms with Crippen LogP contribution in [0, 0.1) is 0 Å². The molecule has 4 rings (SSSR count). The fourth-order valence-electron chi connectivity index (χ4n) is 3.49. The van der Waals surface area contributed by atoms with E-state index in [2.05, 4.69) is 49.4 Å². The third-order valence-corrected chi connectivity index (χ3v) is 11.8. The molecule has 0 N–H and O–H groups in total. The van der Waals surface area contributed by atoms with Crippen molar-refractivity contribution < 1.29 is 48.0 Å². The molecule has 1 aromatic rings. The minimum absolute atomic E-state index is 0. The first kappa shape index (κ1) is 18.7. The molecule has 2 unspecified atom stereocenters. The molecule has 0 radical (unpaired) electrons. The van der Waals surface area contributed by atoms with Gasteiger partial charge in [0.05, 0.1) is 0 Å². The van der Waals surface area contributed by atoms with E-state index in [1.165, 1.54) is 30.7 Å². The summed E-state index contributed by atoms with van der Waals surface area (Å²) in [7, 11) is 0.265. The van der Waals surface area contributed by atoms with Crippen LogP contribution in [0.5, 0.6) is 0 Å². The number of hydrogen-bond acceptors (Lipinski definition) is 0. The maximum atomic E-state index is 2.55. The number of allylic oxidation sites excluding steroid dienone is 5. The molecule has 1 heterocycles. The molecule has 1 aromatic carbocycles. The van der Waals surface area contributed by atoms with Gasteiger partial charge in [-0.2, -0.15) is 0 Å². The number of halogens is 2. The molecule has 2 atom stereocenters. The Morgan fingerprint density at radius 3 is 2.86 bits per heavy atom. The number of fused-ring (bicyclic) bond motifs is 2. The quantitative estimate of drug-likeness (QED) is 0.557. The van der Waals surface area contributed by atoms with E-state index in [1.807, 2.05) is 8.60 Å². The molecule has 0 spiro atoms. The van der Waals surface area contributed by atoms with E-state index in [0.29, 0.717) is 0 Å². The van der Waals surface area contributed by atoms with Gasteiger partial charge in [-0.05, 0) is 0 Å². The first-order chi connectivity index (χ1) is 9.86. The molecule has 4 heteroatoms. The standard InChI is InChI=1S/C9H12P.C9H7.2ClH.Zr/c1-2-6-10-7-8-4-3-5-9(8)10;1-2-5-9-7-3-6-8(9)4-1;;;/h4H,2-3,6-7H2,1H3;1-7H;2*1H;/q;;;;+2/p-2. The summed E-state index contributed by atoms with van der Waals surface area (Å²) in [6.45, 7) is 2.34. The minimum atomic E-state index is -0.482. The fourth-order valence-corrected chi connectivity index (χ4v) is 11.3. The first-order valence-electron chi connectivity index (χ1n) is 7.58. The van der Waals surface area contributed by atoms with Crippen molar-refractivity contribution >= 4 is 14.0 Å². The summed E-state index contributed by atoms with van der Waals surface area (Å²) < 4.78 is 2.73. The average molecular weight is 428 g/mol. The van der Waals surface area contributed by atoms with Gasteiger partial charge in [0.15, 0.2) is 0 Å². The van der Waals surface area contributed by atoms with Crippen LogP contribution in [0.2, 0.25) is 0 Å². The molecule has 1 saturated heterocycles. The molecule has 0 nitrogen and oxygen atoms in total. The summed E-state index contributed by atoms with van der Waals surface area (Å²) in [6.07, 6.45) is 13.0. The molecule has 0 amide bonds. The topological polar surface area (TPSA) is 0 Å². The predicted octanol–water partition coefficient (Wildman–Crippen LogP) is -0.708. The summed E-state index contributed by atoms with van der Waals surface area (Å²) in [5, 5.41) is 1.89. The molecule has 0 bridgehead atoms. The van der Waals surface area contributed by atoms with Gasteiger partial charge in [0.25, 0.3) is 0 Å². The maximum absolute atomic E-state index is 2.55. The zero-order valence-electron chi connectivity index (χ0n) is 12.7. The SMILES string of the molecule is CCCP1CC2=CC[C]([Zr+2][CH]3C=Cc4ccccc43)=C21.[Cl-].[Cl-]. The Labute approximate surface area is 158 Å². The molecule has 0 aromatic heterocycles. The van der Waals surface area contributed by atoms with E-state index in [4.69, 9.17) is 0 Å². The second kappa shape index (κ2) is 7.94. The third-order valence-electron chi connectivity index (χ3n) is 4.44. The zero-order valence-corrected chi connectivity index (χ0v) is 17.5. The van der Waals surface area contributed by atoms with E-state index in [-0.39, 0.29) is 32.7 Å². The van der Waals surface area contributed by atoms with Gasteiger partial charge in [-0.25, -0.2) is 0 Å². The van der Waals surface area contributed by atoms with Gasteiger partial charge >= 0.3 is 135 Å². The van der Waals surface area contributed by atoms with Gasteiger partial charge in [0.1, 0.15) is 0 Å². The van der Waals surface area contributed by atoms with Crippen molar-refractivity contribution in [2.75, 3.05) is 12.3 Å². The van der Waals surface area contributed by atoms with Gasteiger partial charge in [-0.15, -0.1) is 0 Å². The molecule has 1 aliphatic heterocycles. The molecule has 114 valence electrons. The molecule has 2 aliphatic carbocycles. The Morgan fingerprint density at radius 2 is 2.05 bits per heavy atom. The van der Waals surface area contributed by atoms with Crippen molar-refractivity contribution in [3.8, 4) is 0 Å². The van der Waals surface area contributed by atoms with Crippen LogP contribution in [-0.2, 0) is 23.2 Å². The first-order valence-corrected chi connectivity index (χ1v) is 11.9. The van der Waals surface area contributed by atoms with Crippen LogP contribution in [-0.4, -0.2) is 12.3 Å². The van der Waals surface area contributed by atoms with Gasteiger partial charge in [-0.3, -0.25) is 0 Å². The molecule has 1 fully saturated rings. The van der Waals surface area contributed by atoms with Crippen LogP contribution < -0.4 is 24.8 Å². The van der Waals surface area contributed by atoms with E-state index >= 15 is 0 Å². The van der Waals surface area contributed by atoms with Gasteiger partial charge in [0.2, 0.25) is 0 Å². The largest absolute Gasteiger partial charge is 1.00 e. The molecular formula is C18H19Cl2PZr. The van der Waals surface area contributed by atoms with Crippen molar-refractivity contribution in [3.63, 3.8) is 0 Å². The van der Waals surface area contributed by atoms with Gasteiger partial charge in [0, 0.05) is 0 Å². The second-order valence-corrected chi connectivity index (χ2v) is 11.8. The molecule has 22 heavy (non-hydrogen) atoms. The van der Waals surface area contributed by atoms with E-state index in [0.717, 1.165) is 3.63 Å². The van der Waals surface area contributed by atoms with Crippen molar-refractivity contribution in [2.45, 2.75) is 23.4 Å².